The van der Waals surface area contributed by atoms with E-state index in [2.05, 4.69) is 31.6 Å². The Bertz CT molecular complexity index is 539. The fraction of sp³-hybridized carbons (Fsp3) is 0.167. The summed E-state index contributed by atoms with van der Waals surface area (Å²) in [6.07, 6.45) is 0. The number of nitrogens with one attached hydrogen (secondary N) is 1. The number of halogens is 1. The summed E-state index contributed by atoms with van der Waals surface area (Å²) < 4.78 is 0.664. The highest BCUT2D eigenvalue weighted by molar-refractivity contribution is 9.10. The van der Waals surface area contributed by atoms with Gasteiger partial charge in [-0.05, 0) is 56.9 Å². The molecule has 2 aromatic heterocycles. The lowest BCUT2D eigenvalue weighted by atomic mass is 10.2. The Kier molecular flexibility index (Phi) is 3.91. The predicted octanol–water partition coefficient (Wildman–Crippen LogP) is 3.14. The maximum Gasteiger partial charge on any atom is 0.270 e. The lowest BCUT2D eigenvalue weighted by Gasteiger charge is -2.04. The number of hydrogen-bond acceptors (Lipinski definition) is 3. The van der Waals surface area contributed by atoms with Gasteiger partial charge in [0.2, 0.25) is 0 Å². The third-order valence-corrected chi connectivity index (χ3v) is 3.70. The van der Waals surface area contributed by atoms with Crippen LogP contribution >= 0.6 is 27.3 Å². The van der Waals surface area contributed by atoms with E-state index in [1.165, 1.54) is 5.56 Å². The summed E-state index contributed by atoms with van der Waals surface area (Å²) in [6, 6.07) is 5.28. The number of rotatable bonds is 3. The van der Waals surface area contributed by atoms with Crippen LogP contribution in [-0.2, 0) is 6.54 Å². The standard InChI is InChI=1S/C12H11BrN2OS/c1-8-6-17-7-9(8)5-14-12(16)10-3-2-4-11(13)15-10/h2-4,6-7H,5H2,1H3,(H,14,16). The molecule has 17 heavy (non-hydrogen) atoms. The van der Waals surface area contributed by atoms with Gasteiger partial charge < -0.3 is 5.32 Å². The zero-order chi connectivity index (χ0) is 12.3. The van der Waals surface area contributed by atoms with Crippen LogP contribution in [0.15, 0.2) is 33.6 Å². The Balaban J connectivity index is 2.01. The zero-order valence-electron chi connectivity index (χ0n) is 9.24. The summed E-state index contributed by atoms with van der Waals surface area (Å²) in [5, 5.41) is 6.97. The van der Waals surface area contributed by atoms with E-state index in [1.807, 2.05) is 12.3 Å². The first-order chi connectivity index (χ1) is 8.16. The van der Waals surface area contributed by atoms with Crippen molar-refractivity contribution in [3.63, 3.8) is 0 Å². The van der Waals surface area contributed by atoms with Crippen molar-refractivity contribution >= 4 is 33.2 Å². The second-order valence-corrected chi connectivity index (χ2v) is 5.16. The molecule has 0 unspecified atom stereocenters. The number of thiophene rings is 1. The average Bonchev–Trinajstić information content (AvgIpc) is 2.72. The van der Waals surface area contributed by atoms with Crippen LogP contribution in [0.1, 0.15) is 21.6 Å². The smallest absolute Gasteiger partial charge is 0.270 e. The molecular weight excluding hydrogens is 300 g/mol. The summed E-state index contributed by atoms with van der Waals surface area (Å²) in [6.45, 7) is 2.58. The van der Waals surface area contributed by atoms with Gasteiger partial charge in [-0.25, -0.2) is 4.98 Å². The monoisotopic (exact) mass is 310 g/mol. The molecule has 0 atom stereocenters. The molecule has 0 fully saturated rings. The normalized spacial score (nSPS) is 10.2. The van der Waals surface area contributed by atoms with Crippen molar-refractivity contribution in [2.45, 2.75) is 13.5 Å². The molecule has 0 radical (unpaired) electrons. The fourth-order valence-corrected chi connectivity index (χ4v) is 2.57. The molecule has 0 spiro atoms. The molecule has 0 bridgehead atoms. The lowest BCUT2D eigenvalue weighted by molar-refractivity contribution is 0.0946. The van der Waals surface area contributed by atoms with Gasteiger partial charge in [0.05, 0.1) is 0 Å². The third-order valence-electron chi connectivity index (χ3n) is 2.35. The molecule has 88 valence electrons. The van der Waals surface area contributed by atoms with Crippen molar-refractivity contribution < 1.29 is 4.79 Å². The van der Waals surface area contributed by atoms with Gasteiger partial charge in [-0.2, -0.15) is 11.3 Å². The van der Waals surface area contributed by atoms with Gasteiger partial charge in [-0.3, -0.25) is 4.79 Å². The molecule has 5 heteroatoms. The Morgan fingerprint density at radius 1 is 1.47 bits per heavy atom. The van der Waals surface area contributed by atoms with Gasteiger partial charge in [0.1, 0.15) is 10.3 Å². The highest BCUT2D eigenvalue weighted by Gasteiger charge is 2.08. The first kappa shape index (κ1) is 12.3. The van der Waals surface area contributed by atoms with Crippen LogP contribution in [0.25, 0.3) is 0 Å². The van der Waals surface area contributed by atoms with Crippen molar-refractivity contribution in [3.05, 3.63) is 50.4 Å². The minimum Gasteiger partial charge on any atom is -0.347 e. The number of aromatic nitrogens is 1. The number of amides is 1. The first-order valence-electron chi connectivity index (χ1n) is 5.09. The summed E-state index contributed by atoms with van der Waals surface area (Å²) in [5.74, 6) is -0.156. The number of hydrogen-bond donors (Lipinski definition) is 1. The van der Waals surface area contributed by atoms with Crippen molar-refractivity contribution in [1.29, 1.82) is 0 Å². The van der Waals surface area contributed by atoms with Gasteiger partial charge >= 0.3 is 0 Å². The van der Waals surface area contributed by atoms with Crippen LogP contribution in [0.2, 0.25) is 0 Å². The SMILES string of the molecule is Cc1cscc1CNC(=O)c1cccc(Br)n1. The number of pyridine rings is 1. The van der Waals surface area contributed by atoms with Crippen molar-refractivity contribution in [3.8, 4) is 0 Å². The van der Waals surface area contributed by atoms with E-state index in [1.54, 1.807) is 29.5 Å². The van der Waals surface area contributed by atoms with Crippen LogP contribution in [0, 0.1) is 6.92 Å². The van der Waals surface area contributed by atoms with Crippen LogP contribution in [-0.4, -0.2) is 10.9 Å². The lowest BCUT2D eigenvalue weighted by Crippen LogP contribution is -2.23. The summed E-state index contributed by atoms with van der Waals surface area (Å²) >= 11 is 4.88. The molecular formula is C12H11BrN2OS. The van der Waals surface area contributed by atoms with Crippen LogP contribution in [0.3, 0.4) is 0 Å². The van der Waals surface area contributed by atoms with Crippen molar-refractivity contribution in [2.24, 2.45) is 0 Å². The Hall–Kier alpha value is -1.20. The average molecular weight is 311 g/mol. The van der Waals surface area contributed by atoms with E-state index in [4.69, 9.17) is 0 Å². The Morgan fingerprint density at radius 2 is 2.29 bits per heavy atom. The number of nitrogens with zero attached hydrogens (tertiary/aromatic N) is 1. The molecule has 1 N–H and O–H groups in total. The van der Waals surface area contributed by atoms with E-state index in [-0.39, 0.29) is 5.91 Å². The van der Waals surface area contributed by atoms with Crippen LogP contribution < -0.4 is 5.32 Å². The largest absolute Gasteiger partial charge is 0.347 e. The number of carbonyl (C=O) groups is 1. The second-order valence-electron chi connectivity index (χ2n) is 3.61. The van der Waals surface area contributed by atoms with E-state index in [9.17, 15) is 4.79 Å². The number of aryl methyl sites for hydroxylation is 1. The van der Waals surface area contributed by atoms with Crippen LogP contribution in [0.5, 0.6) is 0 Å². The van der Waals surface area contributed by atoms with E-state index in [0.717, 1.165) is 5.56 Å². The van der Waals surface area contributed by atoms with Crippen molar-refractivity contribution in [2.75, 3.05) is 0 Å². The fourth-order valence-electron chi connectivity index (χ4n) is 1.37. The Labute approximate surface area is 112 Å². The number of carbonyl (C=O) groups excluding carboxylic acids is 1. The quantitative estimate of drug-likeness (QED) is 0.885. The maximum absolute atomic E-state index is 11.8. The topological polar surface area (TPSA) is 42.0 Å². The molecule has 0 aliphatic heterocycles. The predicted molar refractivity (Wildman–Crippen MR) is 72.2 cm³/mol. The Morgan fingerprint density at radius 3 is 2.94 bits per heavy atom. The summed E-state index contributed by atoms with van der Waals surface area (Å²) in [4.78, 5) is 15.9. The van der Waals surface area contributed by atoms with E-state index < -0.39 is 0 Å². The van der Waals surface area contributed by atoms with Gasteiger partial charge in [0.15, 0.2) is 0 Å². The second kappa shape index (κ2) is 5.42. The zero-order valence-corrected chi connectivity index (χ0v) is 11.6. The molecule has 1 amide bonds. The summed E-state index contributed by atoms with van der Waals surface area (Å²) in [7, 11) is 0. The first-order valence-corrected chi connectivity index (χ1v) is 6.83. The summed E-state index contributed by atoms with van der Waals surface area (Å²) in [5.41, 5.74) is 2.78. The van der Waals surface area contributed by atoms with Crippen molar-refractivity contribution in [1.82, 2.24) is 10.3 Å². The highest BCUT2D eigenvalue weighted by Crippen LogP contribution is 2.13. The third kappa shape index (κ3) is 3.14. The molecule has 0 saturated carbocycles. The molecule has 3 nitrogen and oxygen atoms in total. The maximum atomic E-state index is 11.8. The molecule has 2 rings (SSSR count). The minimum atomic E-state index is -0.156. The molecule has 0 aliphatic carbocycles. The van der Waals surface area contributed by atoms with Crippen LogP contribution in [0.4, 0.5) is 0 Å². The van der Waals surface area contributed by atoms with Gasteiger partial charge in [0.25, 0.3) is 5.91 Å². The highest BCUT2D eigenvalue weighted by atomic mass is 79.9. The van der Waals surface area contributed by atoms with Gasteiger partial charge in [0, 0.05) is 6.54 Å². The molecule has 2 heterocycles. The van der Waals surface area contributed by atoms with Gasteiger partial charge in [-0.1, -0.05) is 6.07 Å². The molecule has 0 aliphatic rings. The van der Waals surface area contributed by atoms with Gasteiger partial charge in [-0.15, -0.1) is 0 Å². The molecule has 2 aromatic rings. The minimum absolute atomic E-state index is 0.156. The van der Waals surface area contributed by atoms with E-state index in [0.29, 0.717) is 16.8 Å². The van der Waals surface area contributed by atoms with E-state index >= 15 is 0 Å². The molecule has 0 aromatic carbocycles. The molecule has 0 saturated heterocycles.